The van der Waals surface area contributed by atoms with Crippen LogP contribution in [0.15, 0.2) is 36.7 Å². The summed E-state index contributed by atoms with van der Waals surface area (Å²) in [6, 6.07) is 7.89. The molecule has 4 rings (SSSR count). The number of thiophene rings is 1. The minimum atomic E-state index is 0.0116. The Morgan fingerprint density at radius 1 is 1.16 bits per heavy atom. The second-order valence-corrected chi connectivity index (χ2v) is 7.50. The van der Waals surface area contributed by atoms with Gasteiger partial charge in [-0.25, -0.2) is 9.97 Å². The molecule has 0 unspecified atom stereocenters. The summed E-state index contributed by atoms with van der Waals surface area (Å²) in [5, 5.41) is 1.52. The second-order valence-electron chi connectivity index (χ2n) is 6.07. The average molecular weight is 373 g/mol. The van der Waals surface area contributed by atoms with Gasteiger partial charge in [0.1, 0.15) is 4.88 Å². The van der Waals surface area contributed by atoms with Crippen LogP contribution < -0.4 is 4.90 Å². The van der Waals surface area contributed by atoms with Gasteiger partial charge in [-0.15, -0.1) is 11.3 Å². The minimum absolute atomic E-state index is 0.0116. The van der Waals surface area contributed by atoms with Crippen molar-refractivity contribution in [1.29, 1.82) is 0 Å². The van der Waals surface area contributed by atoms with Gasteiger partial charge in [-0.05, 0) is 24.6 Å². The van der Waals surface area contributed by atoms with Crippen molar-refractivity contribution in [3.8, 4) is 0 Å². The van der Waals surface area contributed by atoms with Crippen LogP contribution in [-0.4, -0.2) is 47.0 Å². The van der Waals surface area contributed by atoms with Crippen LogP contribution in [0.5, 0.6) is 0 Å². The summed E-state index contributed by atoms with van der Waals surface area (Å²) >= 11 is 7.96. The van der Waals surface area contributed by atoms with Gasteiger partial charge in [-0.3, -0.25) is 4.79 Å². The quantitative estimate of drug-likeness (QED) is 0.689. The van der Waals surface area contributed by atoms with Crippen LogP contribution in [0.25, 0.3) is 10.1 Å². The first kappa shape index (κ1) is 16.3. The van der Waals surface area contributed by atoms with Gasteiger partial charge in [-0.2, -0.15) is 0 Å². The maximum absolute atomic E-state index is 12.9. The molecule has 25 heavy (non-hydrogen) atoms. The number of halogens is 1. The molecule has 3 heterocycles. The number of anilines is 1. The number of aryl methyl sites for hydroxylation is 1. The molecule has 0 atom stereocenters. The molecule has 0 radical (unpaired) electrons. The van der Waals surface area contributed by atoms with E-state index in [0.29, 0.717) is 28.9 Å². The van der Waals surface area contributed by atoms with Crippen LogP contribution in [0.3, 0.4) is 0 Å². The molecule has 2 aromatic heterocycles. The number of amides is 1. The number of hydrogen-bond donors (Lipinski definition) is 0. The third kappa shape index (κ3) is 3.07. The van der Waals surface area contributed by atoms with E-state index in [9.17, 15) is 4.79 Å². The highest BCUT2D eigenvalue weighted by Gasteiger charge is 2.26. The first-order chi connectivity index (χ1) is 12.1. The fourth-order valence-electron chi connectivity index (χ4n) is 3.02. The Bertz CT molecular complexity index is 919. The number of fused-ring (bicyclic) bond motifs is 1. The number of carbonyl (C=O) groups excluding carboxylic acids is 1. The molecule has 128 valence electrons. The first-order valence-electron chi connectivity index (χ1n) is 8.13. The van der Waals surface area contributed by atoms with Crippen molar-refractivity contribution in [2.24, 2.45) is 0 Å². The number of nitrogens with zero attached hydrogens (tertiary/aromatic N) is 4. The normalized spacial score (nSPS) is 15.0. The third-order valence-electron chi connectivity index (χ3n) is 4.38. The summed E-state index contributed by atoms with van der Waals surface area (Å²) in [4.78, 5) is 26.1. The lowest BCUT2D eigenvalue weighted by Gasteiger charge is -2.34. The molecule has 1 aliphatic rings. The fraction of sp³-hybridized carbons (Fsp3) is 0.278. The zero-order chi connectivity index (χ0) is 17.4. The molecule has 0 N–H and O–H groups in total. The Kier molecular flexibility index (Phi) is 4.31. The van der Waals surface area contributed by atoms with E-state index >= 15 is 0 Å². The summed E-state index contributed by atoms with van der Waals surface area (Å²) in [5.41, 5.74) is 1.17. The SMILES string of the molecule is Cc1ccc2c(Cl)c(C(=O)N3CCN(c4ncccn4)CC3)sc2c1. The minimum Gasteiger partial charge on any atom is -0.337 e. The Morgan fingerprint density at radius 2 is 1.88 bits per heavy atom. The summed E-state index contributed by atoms with van der Waals surface area (Å²) in [7, 11) is 0. The Hall–Kier alpha value is -2.18. The molecule has 1 aromatic carbocycles. The monoisotopic (exact) mass is 372 g/mol. The van der Waals surface area contributed by atoms with E-state index in [0.717, 1.165) is 23.2 Å². The number of aromatic nitrogens is 2. The van der Waals surface area contributed by atoms with E-state index in [4.69, 9.17) is 11.6 Å². The van der Waals surface area contributed by atoms with Crippen LogP contribution in [0.4, 0.5) is 5.95 Å². The Balaban J connectivity index is 1.52. The van der Waals surface area contributed by atoms with E-state index in [1.165, 1.54) is 16.9 Å². The van der Waals surface area contributed by atoms with Gasteiger partial charge < -0.3 is 9.80 Å². The lowest BCUT2D eigenvalue weighted by Crippen LogP contribution is -2.49. The number of piperazine rings is 1. The zero-order valence-corrected chi connectivity index (χ0v) is 15.3. The van der Waals surface area contributed by atoms with Crippen LogP contribution >= 0.6 is 22.9 Å². The molecular formula is C18H17ClN4OS. The maximum atomic E-state index is 12.9. The first-order valence-corrected chi connectivity index (χ1v) is 9.33. The highest BCUT2D eigenvalue weighted by molar-refractivity contribution is 7.21. The summed E-state index contributed by atoms with van der Waals surface area (Å²) in [5.74, 6) is 0.724. The molecular weight excluding hydrogens is 356 g/mol. The van der Waals surface area contributed by atoms with Gasteiger partial charge in [0, 0.05) is 48.7 Å². The smallest absolute Gasteiger partial charge is 0.265 e. The standard InChI is InChI=1S/C18H17ClN4OS/c1-12-3-4-13-14(11-12)25-16(15(13)19)17(24)22-7-9-23(10-8-22)18-20-5-2-6-21-18/h2-6,11H,7-10H2,1H3. The molecule has 5 nitrogen and oxygen atoms in total. The molecule has 1 aliphatic heterocycles. The lowest BCUT2D eigenvalue weighted by atomic mass is 10.2. The van der Waals surface area contributed by atoms with Crippen molar-refractivity contribution in [3.63, 3.8) is 0 Å². The number of hydrogen-bond acceptors (Lipinski definition) is 5. The van der Waals surface area contributed by atoms with Crippen LogP contribution in [0.2, 0.25) is 5.02 Å². The molecule has 3 aromatic rings. The van der Waals surface area contributed by atoms with Crippen molar-refractivity contribution >= 4 is 44.9 Å². The largest absolute Gasteiger partial charge is 0.337 e. The average Bonchev–Trinajstić information content (AvgIpc) is 2.98. The molecule has 1 fully saturated rings. The predicted octanol–water partition coefficient (Wildman–Crippen LogP) is 3.62. The summed E-state index contributed by atoms with van der Waals surface area (Å²) in [6.07, 6.45) is 3.47. The van der Waals surface area contributed by atoms with E-state index in [1.807, 2.05) is 24.0 Å². The van der Waals surface area contributed by atoms with Crippen molar-refractivity contribution < 1.29 is 4.79 Å². The van der Waals surface area contributed by atoms with Gasteiger partial charge in [0.15, 0.2) is 0 Å². The zero-order valence-electron chi connectivity index (χ0n) is 13.8. The Morgan fingerprint density at radius 3 is 2.60 bits per heavy atom. The number of benzene rings is 1. The highest BCUT2D eigenvalue weighted by Crippen LogP contribution is 2.36. The maximum Gasteiger partial charge on any atom is 0.265 e. The molecule has 7 heteroatoms. The van der Waals surface area contributed by atoms with E-state index < -0.39 is 0 Å². The lowest BCUT2D eigenvalue weighted by molar-refractivity contribution is 0.0751. The molecule has 1 saturated heterocycles. The van der Waals surface area contributed by atoms with E-state index in [1.54, 1.807) is 18.5 Å². The Labute approximate surface area is 154 Å². The van der Waals surface area contributed by atoms with Gasteiger partial charge in [-0.1, -0.05) is 23.7 Å². The van der Waals surface area contributed by atoms with Crippen molar-refractivity contribution in [2.45, 2.75) is 6.92 Å². The number of carbonyl (C=O) groups is 1. The van der Waals surface area contributed by atoms with E-state index in [-0.39, 0.29) is 5.91 Å². The van der Waals surface area contributed by atoms with Gasteiger partial charge in [0.25, 0.3) is 5.91 Å². The van der Waals surface area contributed by atoms with Crippen molar-refractivity contribution in [2.75, 3.05) is 31.1 Å². The summed E-state index contributed by atoms with van der Waals surface area (Å²) in [6.45, 7) is 4.76. The molecule has 0 aliphatic carbocycles. The third-order valence-corrected chi connectivity index (χ3v) is 6.03. The van der Waals surface area contributed by atoms with Gasteiger partial charge >= 0.3 is 0 Å². The topological polar surface area (TPSA) is 49.3 Å². The summed E-state index contributed by atoms with van der Waals surface area (Å²) < 4.78 is 1.06. The molecule has 0 bridgehead atoms. The van der Waals surface area contributed by atoms with Gasteiger partial charge in [0.2, 0.25) is 5.95 Å². The molecule has 0 spiro atoms. The van der Waals surface area contributed by atoms with Crippen molar-refractivity contribution in [3.05, 3.63) is 52.1 Å². The molecule has 1 amide bonds. The van der Waals surface area contributed by atoms with Crippen LogP contribution in [0, 0.1) is 6.92 Å². The predicted molar refractivity (Wildman–Crippen MR) is 102 cm³/mol. The van der Waals surface area contributed by atoms with Crippen molar-refractivity contribution in [1.82, 2.24) is 14.9 Å². The fourth-order valence-corrected chi connectivity index (χ4v) is 4.60. The second kappa shape index (κ2) is 6.61. The number of rotatable bonds is 2. The van der Waals surface area contributed by atoms with Crippen LogP contribution in [-0.2, 0) is 0 Å². The van der Waals surface area contributed by atoms with Gasteiger partial charge in [0.05, 0.1) is 5.02 Å². The van der Waals surface area contributed by atoms with Crippen LogP contribution in [0.1, 0.15) is 15.2 Å². The van der Waals surface area contributed by atoms with E-state index in [2.05, 4.69) is 20.9 Å². The molecule has 0 saturated carbocycles. The highest BCUT2D eigenvalue weighted by atomic mass is 35.5.